The van der Waals surface area contributed by atoms with Gasteiger partial charge in [-0.25, -0.2) is 4.79 Å². The molecule has 1 N–H and O–H groups in total. The van der Waals surface area contributed by atoms with Crippen molar-refractivity contribution >= 4 is 17.8 Å². The van der Waals surface area contributed by atoms with Crippen LogP contribution in [0.25, 0.3) is 0 Å². The number of nitrogens with one attached hydrogen (secondary N) is 1. The number of rotatable bonds is 8. The van der Waals surface area contributed by atoms with Gasteiger partial charge in [-0.05, 0) is 43.5 Å². The van der Waals surface area contributed by atoms with Gasteiger partial charge in [0.15, 0.2) is 0 Å². The Labute approximate surface area is 173 Å². The van der Waals surface area contributed by atoms with Crippen molar-refractivity contribution in [3.63, 3.8) is 0 Å². The number of imide groups is 1. The molecule has 4 amide bonds. The van der Waals surface area contributed by atoms with E-state index in [-0.39, 0.29) is 24.4 Å². The zero-order valence-corrected chi connectivity index (χ0v) is 17.4. The summed E-state index contributed by atoms with van der Waals surface area (Å²) in [5.74, 6) is -0.260. The molecule has 29 heavy (non-hydrogen) atoms. The Kier molecular flexibility index (Phi) is 7.63. The summed E-state index contributed by atoms with van der Waals surface area (Å²) in [7, 11) is 1.60. The third-order valence-electron chi connectivity index (χ3n) is 5.63. The fourth-order valence-corrected chi connectivity index (χ4v) is 3.89. The Morgan fingerprint density at radius 2 is 1.66 bits per heavy atom. The number of carbonyl (C=O) groups is 3. The number of amides is 4. The lowest BCUT2D eigenvalue weighted by atomic mass is 10.1. The summed E-state index contributed by atoms with van der Waals surface area (Å²) < 4.78 is 0. The minimum atomic E-state index is -0.282. The van der Waals surface area contributed by atoms with Gasteiger partial charge in [0.1, 0.15) is 6.54 Å². The highest BCUT2D eigenvalue weighted by atomic mass is 16.2. The minimum absolute atomic E-state index is 0.0638. The highest BCUT2D eigenvalue weighted by Gasteiger charge is 2.32. The summed E-state index contributed by atoms with van der Waals surface area (Å²) in [6, 6.07) is 8.16. The Hall–Kier alpha value is -2.41. The molecule has 0 aliphatic carbocycles. The first-order valence-electron chi connectivity index (χ1n) is 10.7. The molecule has 3 rings (SSSR count). The standard InChI is InChI=1S/C22H32N4O3/c1-24-17-21(28)26(22(24)29)14-6-7-20(27)23-15-18-8-10-19(11-9-18)16-25-12-4-2-3-5-13-25/h8-11H,2-7,12-17H2,1H3,(H,23,27). The number of benzene rings is 1. The maximum Gasteiger partial charge on any atom is 0.326 e. The molecule has 2 saturated heterocycles. The van der Waals surface area contributed by atoms with Crippen molar-refractivity contribution in [3.8, 4) is 0 Å². The van der Waals surface area contributed by atoms with Crippen LogP contribution in [0.15, 0.2) is 24.3 Å². The second-order valence-electron chi connectivity index (χ2n) is 8.07. The van der Waals surface area contributed by atoms with E-state index in [2.05, 4.69) is 34.5 Å². The lowest BCUT2D eigenvalue weighted by Gasteiger charge is -2.19. The van der Waals surface area contributed by atoms with Crippen LogP contribution in [0.4, 0.5) is 4.79 Å². The van der Waals surface area contributed by atoms with E-state index in [1.165, 1.54) is 54.1 Å². The van der Waals surface area contributed by atoms with Crippen molar-refractivity contribution in [2.24, 2.45) is 0 Å². The molecule has 0 aromatic heterocycles. The largest absolute Gasteiger partial charge is 0.352 e. The average Bonchev–Trinajstić information content (AvgIpc) is 2.88. The summed E-state index contributed by atoms with van der Waals surface area (Å²) in [5.41, 5.74) is 2.39. The molecular formula is C22H32N4O3. The molecule has 0 unspecified atom stereocenters. The normalized spacial score (nSPS) is 18.2. The van der Waals surface area contributed by atoms with E-state index < -0.39 is 0 Å². The Balaban J connectivity index is 1.35. The molecule has 7 heteroatoms. The SMILES string of the molecule is CN1CC(=O)N(CCCC(=O)NCc2ccc(CN3CCCCCC3)cc2)C1=O. The third kappa shape index (κ3) is 6.29. The predicted octanol–water partition coefficient (Wildman–Crippen LogP) is 2.35. The van der Waals surface area contributed by atoms with Gasteiger partial charge in [0.05, 0.1) is 0 Å². The van der Waals surface area contributed by atoms with E-state index in [1.54, 1.807) is 7.05 Å². The molecule has 2 aliphatic heterocycles. The van der Waals surface area contributed by atoms with Crippen molar-refractivity contribution in [1.29, 1.82) is 0 Å². The summed E-state index contributed by atoms with van der Waals surface area (Å²) in [6.45, 7) is 4.27. The van der Waals surface area contributed by atoms with Gasteiger partial charge in [0, 0.05) is 33.1 Å². The summed E-state index contributed by atoms with van der Waals surface area (Å²) in [6.07, 6.45) is 6.05. The van der Waals surface area contributed by atoms with Gasteiger partial charge in [-0.3, -0.25) is 19.4 Å². The molecule has 0 spiro atoms. The van der Waals surface area contributed by atoms with Crippen molar-refractivity contribution < 1.29 is 14.4 Å². The Bertz CT molecular complexity index is 711. The minimum Gasteiger partial charge on any atom is -0.352 e. The monoisotopic (exact) mass is 400 g/mol. The summed E-state index contributed by atoms with van der Waals surface area (Å²) >= 11 is 0. The van der Waals surface area contributed by atoms with Gasteiger partial charge in [-0.2, -0.15) is 0 Å². The van der Waals surface area contributed by atoms with Crippen LogP contribution in [-0.4, -0.2) is 65.8 Å². The number of hydrogen-bond acceptors (Lipinski definition) is 4. The second-order valence-corrected chi connectivity index (χ2v) is 8.07. The van der Waals surface area contributed by atoms with Gasteiger partial charge >= 0.3 is 6.03 Å². The molecule has 158 valence electrons. The number of likely N-dealkylation sites (tertiary alicyclic amines) is 1. The maximum atomic E-state index is 12.1. The average molecular weight is 401 g/mol. The first-order chi connectivity index (χ1) is 14.0. The van der Waals surface area contributed by atoms with E-state index >= 15 is 0 Å². The van der Waals surface area contributed by atoms with E-state index in [4.69, 9.17) is 0 Å². The van der Waals surface area contributed by atoms with Crippen LogP contribution in [-0.2, 0) is 22.7 Å². The van der Waals surface area contributed by atoms with Crippen LogP contribution in [0.5, 0.6) is 0 Å². The van der Waals surface area contributed by atoms with Gasteiger partial charge in [0.25, 0.3) is 0 Å². The zero-order valence-electron chi connectivity index (χ0n) is 17.4. The molecule has 2 fully saturated rings. The van der Waals surface area contributed by atoms with E-state index in [1.807, 2.05) is 0 Å². The van der Waals surface area contributed by atoms with Crippen molar-refractivity contribution in [2.75, 3.05) is 33.2 Å². The number of urea groups is 1. The smallest absolute Gasteiger partial charge is 0.326 e. The van der Waals surface area contributed by atoms with E-state index in [0.29, 0.717) is 25.9 Å². The summed E-state index contributed by atoms with van der Waals surface area (Å²) in [4.78, 5) is 40.7. The van der Waals surface area contributed by atoms with Crippen LogP contribution in [0, 0.1) is 0 Å². The predicted molar refractivity (Wildman–Crippen MR) is 111 cm³/mol. The highest BCUT2D eigenvalue weighted by Crippen LogP contribution is 2.14. The number of likely N-dealkylation sites (N-methyl/N-ethyl adjacent to an activating group) is 1. The first kappa shape index (κ1) is 21.3. The van der Waals surface area contributed by atoms with Crippen molar-refractivity contribution in [3.05, 3.63) is 35.4 Å². The fraction of sp³-hybridized carbons (Fsp3) is 0.591. The molecule has 2 aliphatic rings. The van der Waals surface area contributed by atoms with Gasteiger partial charge < -0.3 is 10.2 Å². The van der Waals surface area contributed by atoms with Crippen LogP contribution in [0.1, 0.15) is 49.7 Å². The molecule has 1 aromatic carbocycles. The number of hydrogen-bond donors (Lipinski definition) is 1. The topological polar surface area (TPSA) is 73.0 Å². The van der Waals surface area contributed by atoms with Crippen LogP contribution < -0.4 is 5.32 Å². The highest BCUT2D eigenvalue weighted by molar-refractivity contribution is 6.01. The summed E-state index contributed by atoms with van der Waals surface area (Å²) in [5, 5.41) is 2.92. The van der Waals surface area contributed by atoms with Crippen molar-refractivity contribution in [1.82, 2.24) is 20.0 Å². The molecule has 0 bridgehead atoms. The van der Waals surface area contributed by atoms with Crippen LogP contribution in [0.3, 0.4) is 0 Å². The van der Waals surface area contributed by atoms with Gasteiger partial charge in [-0.1, -0.05) is 37.1 Å². The molecule has 0 saturated carbocycles. The number of nitrogens with zero attached hydrogens (tertiary/aromatic N) is 3. The molecule has 0 atom stereocenters. The molecule has 1 aromatic rings. The van der Waals surface area contributed by atoms with Crippen molar-refractivity contribution in [2.45, 2.75) is 51.6 Å². The quantitative estimate of drug-likeness (QED) is 0.680. The molecule has 7 nitrogen and oxygen atoms in total. The van der Waals surface area contributed by atoms with Crippen LogP contribution >= 0.6 is 0 Å². The third-order valence-corrected chi connectivity index (χ3v) is 5.63. The fourth-order valence-electron chi connectivity index (χ4n) is 3.89. The van der Waals surface area contributed by atoms with Gasteiger partial charge in [0.2, 0.25) is 11.8 Å². The molecule has 0 radical (unpaired) electrons. The van der Waals surface area contributed by atoms with Crippen LogP contribution in [0.2, 0.25) is 0 Å². The number of carbonyl (C=O) groups excluding carboxylic acids is 3. The maximum absolute atomic E-state index is 12.1. The first-order valence-corrected chi connectivity index (χ1v) is 10.7. The van der Waals surface area contributed by atoms with E-state index in [9.17, 15) is 14.4 Å². The lowest BCUT2D eigenvalue weighted by Crippen LogP contribution is -2.33. The molecule has 2 heterocycles. The Morgan fingerprint density at radius 3 is 2.28 bits per heavy atom. The zero-order chi connectivity index (χ0) is 20.6. The molecular weight excluding hydrogens is 368 g/mol. The van der Waals surface area contributed by atoms with E-state index in [0.717, 1.165) is 12.1 Å². The second kappa shape index (κ2) is 10.4. The Morgan fingerprint density at radius 1 is 1.00 bits per heavy atom. The lowest BCUT2D eigenvalue weighted by molar-refractivity contribution is -0.126. The van der Waals surface area contributed by atoms with Gasteiger partial charge in [-0.15, -0.1) is 0 Å².